The predicted molar refractivity (Wildman–Crippen MR) is 143 cm³/mol. The van der Waals surface area contributed by atoms with E-state index in [-0.39, 0.29) is 11.6 Å². The Bertz CT molecular complexity index is 1690. The minimum Gasteiger partial charge on any atom is -0.493 e. The fraction of sp³-hybridized carbons (Fsp3) is 0.200. The van der Waals surface area contributed by atoms with Gasteiger partial charge in [0.05, 0.1) is 30.5 Å². The Balaban J connectivity index is 1.62. The van der Waals surface area contributed by atoms with E-state index >= 15 is 0 Å². The number of aryl methyl sites for hydroxylation is 2. The van der Waals surface area contributed by atoms with Gasteiger partial charge in [0.25, 0.3) is 5.56 Å². The van der Waals surface area contributed by atoms with Crippen molar-refractivity contribution in [2.75, 3.05) is 14.2 Å². The van der Waals surface area contributed by atoms with E-state index in [1.54, 1.807) is 14.2 Å². The largest absolute Gasteiger partial charge is 0.493 e. The number of nitrogens with zero attached hydrogens (tertiary/aromatic N) is 2. The van der Waals surface area contributed by atoms with E-state index in [4.69, 9.17) is 14.5 Å². The number of aromatic nitrogens is 1. The molecule has 180 valence electrons. The molecule has 1 atom stereocenters. The highest BCUT2D eigenvalue weighted by Crippen LogP contribution is 2.42. The molecular weight excluding hydrogens is 468 g/mol. The Morgan fingerprint density at radius 1 is 0.972 bits per heavy atom. The molecule has 0 saturated heterocycles. The molecule has 6 heteroatoms. The van der Waals surface area contributed by atoms with Crippen LogP contribution in [0.5, 0.6) is 11.5 Å². The average molecular weight is 495 g/mol. The van der Waals surface area contributed by atoms with Crippen LogP contribution < -0.4 is 24.4 Å². The van der Waals surface area contributed by atoms with Gasteiger partial charge in [0.15, 0.2) is 16.3 Å². The molecule has 6 rings (SSSR count). The Morgan fingerprint density at radius 2 is 1.75 bits per heavy atom. The third-order valence-electron chi connectivity index (χ3n) is 6.97. The molecule has 2 aliphatic rings. The lowest BCUT2D eigenvalue weighted by Gasteiger charge is -2.31. The molecule has 3 aromatic carbocycles. The lowest BCUT2D eigenvalue weighted by Crippen LogP contribution is -2.38. The molecule has 5 nitrogen and oxygen atoms in total. The Kier molecular flexibility index (Phi) is 5.61. The number of benzene rings is 3. The van der Waals surface area contributed by atoms with Gasteiger partial charge in [-0.15, -0.1) is 0 Å². The first-order valence-corrected chi connectivity index (χ1v) is 12.8. The van der Waals surface area contributed by atoms with E-state index < -0.39 is 0 Å². The average Bonchev–Trinajstić information content (AvgIpc) is 3.22. The minimum atomic E-state index is -0.260. The Morgan fingerprint density at radius 3 is 2.53 bits per heavy atom. The first-order valence-electron chi connectivity index (χ1n) is 12.0. The second kappa shape index (κ2) is 8.95. The SMILES string of the molecule is COc1ccc([C@@H]2C3=C(N=c4s/c(=C\c5ccc(C)cc5)c(=O)n42)c2ccccc2CC3)cc1OC. The van der Waals surface area contributed by atoms with Crippen LogP contribution in [0.25, 0.3) is 11.8 Å². The van der Waals surface area contributed by atoms with Crippen molar-refractivity contribution in [2.45, 2.75) is 25.8 Å². The van der Waals surface area contributed by atoms with Crippen LogP contribution in [0.1, 0.15) is 40.3 Å². The minimum absolute atomic E-state index is 0.0236. The van der Waals surface area contributed by atoms with Crippen molar-refractivity contribution in [3.8, 4) is 11.5 Å². The standard InChI is InChI=1S/C30H26N2O3S/c1-18-8-10-19(11-9-18)16-26-29(33)32-28(21-13-15-24(34-2)25(17-21)35-3)23-14-12-20-6-4-5-7-22(20)27(23)31-30(32)36-26/h4-11,13,15-17,28H,12,14H2,1-3H3/b26-16-/t28-/m1/s1. The molecule has 0 bridgehead atoms. The van der Waals surface area contributed by atoms with Crippen molar-refractivity contribution in [3.63, 3.8) is 0 Å². The van der Waals surface area contributed by atoms with Crippen LogP contribution in [0.4, 0.5) is 0 Å². The lowest BCUT2D eigenvalue weighted by atomic mass is 9.83. The second-order valence-electron chi connectivity index (χ2n) is 9.14. The maximum Gasteiger partial charge on any atom is 0.271 e. The molecule has 4 aromatic rings. The Labute approximate surface area is 213 Å². The smallest absolute Gasteiger partial charge is 0.271 e. The number of thiazole rings is 1. The summed E-state index contributed by atoms with van der Waals surface area (Å²) in [6.07, 6.45) is 3.73. The van der Waals surface area contributed by atoms with Crippen LogP contribution in [0.3, 0.4) is 0 Å². The topological polar surface area (TPSA) is 52.8 Å². The summed E-state index contributed by atoms with van der Waals surface area (Å²) >= 11 is 1.45. The van der Waals surface area contributed by atoms with E-state index in [0.29, 0.717) is 20.8 Å². The van der Waals surface area contributed by atoms with Crippen LogP contribution >= 0.6 is 11.3 Å². The summed E-state index contributed by atoms with van der Waals surface area (Å²) < 4.78 is 13.6. The van der Waals surface area contributed by atoms with Gasteiger partial charge in [-0.25, -0.2) is 4.99 Å². The first kappa shape index (κ1) is 22.6. The molecule has 0 saturated carbocycles. The summed E-state index contributed by atoms with van der Waals surface area (Å²) in [5.41, 5.74) is 7.75. The third-order valence-corrected chi connectivity index (χ3v) is 7.95. The third kappa shape index (κ3) is 3.69. The van der Waals surface area contributed by atoms with Gasteiger partial charge < -0.3 is 9.47 Å². The zero-order valence-corrected chi connectivity index (χ0v) is 21.3. The molecule has 1 aliphatic heterocycles. The maximum absolute atomic E-state index is 13.9. The van der Waals surface area contributed by atoms with Gasteiger partial charge in [0, 0.05) is 5.56 Å². The highest BCUT2D eigenvalue weighted by atomic mass is 32.1. The predicted octanol–water partition coefficient (Wildman–Crippen LogP) is 4.64. The normalized spacial score (nSPS) is 16.6. The highest BCUT2D eigenvalue weighted by Gasteiger charge is 2.33. The number of rotatable bonds is 4. The van der Waals surface area contributed by atoms with Gasteiger partial charge in [0.1, 0.15) is 0 Å². The van der Waals surface area contributed by atoms with E-state index in [1.165, 1.54) is 22.5 Å². The summed E-state index contributed by atoms with van der Waals surface area (Å²) in [6.45, 7) is 2.06. The van der Waals surface area contributed by atoms with E-state index in [2.05, 4.69) is 43.3 Å². The molecule has 2 heterocycles. The van der Waals surface area contributed by atoms with Crippen LogP contribution in [-0.4, -0.2) is 18.8 Å². The fourth-order valence-electron chi connectivity index (χ4n) is 5.16. The van der Waals surface area contributed by atoms with E-state index in [0.717, 1.165) is 40.8 Å². The number of hydrogen-bond acceptors (Lipinski definition) is 5. The number of hydrogen-bond donors (Lipinski definition) is 0. The van der Waals surface area contributed by atoms with Crippen molar-refractivity contribution in [2.24, 2.45) is 4.99 Å². The van der Waals surface area contributed by atoms with Crippen molar-refractivity contribution in [1.29, 1.82) is 0 Å². The molecule has 0 N–H and O–H groups in total. The van der Waals surface area contributed by atoms with Crippen molar-refractivity contribution in [3.05, 3.63) is 120 Å². The first-order chi connectivity index (χ1) is 17.6. The van der Waals surface area contributed by atoms with Crippen LogP contribution in [0.2, 0.25) is 0 Å². The fourth-order valence-corrected chi connectivity index (χ4v) is 6.16. The van der Waals surface area contributed by atoms with Gasteiger partial charge in [-0.2, -0.15) is 0 Å². The molecule has 36 heavy (non-hydrogen) atoms. The van der Waals surface area contributed by atoms with Gasteiger partial charge in [-0.05, 0) is 60.2 Å². The maximum atomic E-state index is 13.9. The molecule has 0 unspecified atom stereocenters. The molecule has 0 fully saturated rings. The molecule has 0 radical (unpaired) electrons. The van der Waals surface area contributed by atoms with Crippen LogP contribution in [-0.2, 0) is 6.42 Å². The Hall–Kier alpha value is -3.90. The molecule has 1 aliphatic carbocycles. The zero-order chi connectivity index (χ0) is 24.8. The van der Waals surface area contributed by atoms with Crippen LogP contribution in [0.15, 0.2) is 82.1 Å². The zero-order valence-electron chi connectivity index (χ0n) is 20.4. The highest BCUT2D eigenvalue weighted by molar-refractivity contribution is 7.07. The number of methoxy groups -OCH3 is 2. The quantitative estimate of drug-likeness (QED) is 0.415. The molecule has 1 aromatic heterocycles. The van der Waals surface area contributed by atoms with E-state index in [9.17, 15) is 4.79 Å². The van der Waals surface area contributed by atoms with Crippen LogP contribution in [0, 0.1) is 6.92 Å². The van der Waals surface area contributed by atoms with Crippen molar-refractivity contribution >= 4 is 23.1 Å². The van der Waals surface area contributed by atoms with Crippen molar-refractivity contribution in [1.82, 2.24) is 4.57 Å². The number of ether oxygens (including phenoxy) is 2. The molecular formula is C30H26N2O3S. The summed E-state index contributed by atoms with van der Waals surface area (Å²) in [5, 5.41) is 0. The van der Waals surface area contributed by atoms with Crippen molar-refractivity contribution < 1.29 is 9.47 Å². The van der Waals surface area contributed by atoms with E-state index in [1.807, 2.05) is 41.0 Å². The summed E-state index contributed by atoms with van der Waals surface area (Å²) in [4.78, 5) is 19.7. The number of allylic oxidation sites excluding steroid dienone is 1. The van der Waals surface area contributed by atoms with Gasteiger partial charge in [-0.1, -0.05) is 71.5 Å². The van der Waals surface area contributed by atoms with Gasteiger partial charge in [-0.3, -0.25) is 9.36 Å². The van der Waals surface area contributed by atoms with Gasteiger partial charge in [0.2, 0.25) is 0 Å². The number of fused-ring (bicyclic) bond motifs is 3. The second-order valence-corrected chi connectivity index (χ2v) is 10.1. The molecule has 0 amide bonds. The summed E-state index contributed by atoms with van der Waals surface area (Å²) in [6, 6.07) is 22.3. The summed E-state index contributed by atoms with van der Waals surface area (Å²) in [7, 11) is 3.26. The lowest BCUT2D eigenvalue weighted by molar-refractivity contribution is 0.354. The molecule has 0 spiro atoms. The summed E-state index contributed by atoms with van der Waals surface area (Å²) in [5.74, 6) is 1.31. The van der Waals surface area contributed by atoms with Gasteiger partial charge >= 0.3 is 0 Å². The monoisotopic (exact) mass is 494 g/mol.